The van der Waals surface area contributed by atoms with Gasteiger partial charge in [0, 0.05) is 29.2 Å². The van der Waals surface area contributed by atoms with E-state index < -0.39 is 5.92 Å². The minimum atomic E-state index is -0.429. The number of nitrogens with zero attached hydrogens (tertiary/aromatic N) is 1. The highest BCUT2D eigenvalue weighted by Crippen LogP contribution is 2.49. The number of methoxy groups -OCH3 is 3. The number of ether oxygens (including phenoxy) is 3. The second kappa shape index (κ2) is 7.40. The molecule has 1 aromatic heterocycles. The average Bonchev–Trinajstić information content (AvgIpc) is 2.71. The monoisotopic (exact) mass is 414 g/mol. The molecule has 4 rings (SSSR count). The fourth-order valence-corrected chi connectivity index (χ4v) is 4.31. The van der Waals surface area contributed by atoms with E-state index in [1.165, 1.54) is 0 Å². The Labute approximate surface area is 173 Å². The Balaban J connectivity index is 2.02. The summed E-state index contributed by atoms with van der Waals surface area (Å²) in [6, 6.07) is 3.68. The second-order valence-electron chi connectivity index (χ2n) is 6.90. The number of carbonyl (C=O) groups excluding carboxylic acids is 1. The molecule has 0 radical (unpaired) electrons. The van der Waals surface area contributed by atoms with E-state index >= 15 is 0 Å². The van der Waals surface area contributed by atoms with Gasteiger partial charge in [-0.25, -0.2) is 4.98 Å². The van der Waals surface area contributed by atoms with Crippen LogP contribution in [0.4, 0.5) is 11.6 Å². The summed E-state index contributed by atoms with van der Waals surface area (Å²) in [5.74, 6) is 2.09. The quantitative estimate of drug-likeness (QED) is 0.654. The molecule has 0 bridgehead atoms. The number of benzene rings is 1. The molecule has 0 saturated heterocycles. The molecule has 0 saturated carbocycles. The van der Waals surface area contributed by atoms with Crippen molar-refractivity contribution in [2.24, 2.45) is 0 Å². The van der Waals surface area contributed by atoms with Crippen LogP contribution in [0, 0.1) is 4.77 Å². The predicted molar refractivity (Wildman–Crippen MR) is 111 cm³/mol. The highest BCUT2D eigenvalue weighted by atomic mass is 32.1. The second-order valence-corrected chi connectivity index (χ2v) is 7.29. The Morgan fingerprint density at radius 2 is 1.83 bits per heavy atom. The number of fused-ring (bicyclic) bond motifs is 1. The van der Waals surface area contributed by atoms with Gasteiger partial charge in [0.25, 0.3) is 0 Å². The van der Waals surface area contributed by atoms with Gasteiger partial charge in [0.05, 0.1) is 21.3 Å². The summed E-state index contributed by atoms with van der Waals surface area (Å²) in [5, 5.41) is 3.28. The first-order valence-electron chi connectivity index (χ1n) is 9.21. The Bertz CT molecular complexity index is 1070. The summed E-state index contributed by atoms with van der Waals surface area (Å²) < 4.78 is 16.8. The van der Waals surface area contributed by atoms with Gasteiger partial charge in [-0.2, -0.15) is 0 Å². The van der Waals surface area contributed by atoms with Gasteiger partial charge in [0.2, 0.25) is 5.75 Å². The Morgan fingerprint density at radius 1 is 1.14 bits per heavy atom. The molecule has 2 heterocycles. The van der Waals surface area contributed by atoms with Crippen LogP contribution in [0.5, 0.6) is 17.2 Å². The largest absolute Gasteiger partial charge is 0.493 e. The molecule has 2 aromatic rings. The van der Waals surface area contributed by atoms with E-state index in [0.717, 1.165) is 24.1 Å². The number of nitrogens with one attached hydrogen (secondary N) is 2. The Morgan fingerprint density at radius 3 is 2.45 bits per heavy atom. The van der Waals surface area contributed by atoms with Crippen LogP contribution in [0.15, 0.2) is 23.4 Å². The number of aromatic amines is 1. The first kappa shape index (κ1) is 19.3. The van der Waals surface area contributed by atoms with Crippen LogP contribution in [0.25, 0.3) is 0 Å². The molecule has 152 valence electrons. The van der Waals surface area contributed by atoms with Gasteiger partial charge >= 0.3 is 0 Å². The fraction of sp³-hybridized carbons (Fsp3) is 0.350. The number of aromatic nitrogens is 2. The average molecular weight is 414 g/mol. The number of rotatable bonds is 4. The minimum absolute atomic E-state index is 0.0880. The zero-order chi connectivity index (χ0) is 20.7. The zero-order valence-electron chi connectivity index (χ0n) is 16.4. The Kier molecular flexibility index (Phi) is 4.91. The van der Waals surface area contributed by atoms with Gasteiger partial charge in [-0.3, -0.25) is 4.79 Å². The number of anilines is 2. The molecular weight excluding hydrogens is 392 g/mol. The molecule has 1 aliphatic carbocycles. The number of hydrogen-bond acceptors (Lipinski definition) is 8. The molecule has 0 fully saturated rings. The third kappa shape index (κ3) is 3.11. The third-order valence-corrected chi connectivity index (χ3v) is 5.52. The number of carbonyl (C=O) groups is 1. The summed E-state index contributed by atoms with van der Waals surface area (Å²) in [6.45, 7) is 0. The molecular formula is C20H22N4O4S. The van der Waals surface area contributed by atoms with Crippen LogP contribution < -0.4 is 25.3 Å². The number of ketones is 1. The van der Waals surface area contributed by atoms with Gasteiger partial charge in [-0.05, 0) is 42.8 Å². The summed E-state index contributed by atoms with van der Waals surface area (Å²) in [5.41, 5.74) is 9.34. The number of Topliss-reactive ketones (excluding diaryl/α,β-unsaturated/α-hetero) is 1. The van der Waals surface area contributed by atoms with Gasteiger partial charge in [0.1, 0.15) is 11.6 Å². The number of hydrogen-bond donors (Lipinski definition) is 3. The molecule has 1 unspecified atom stereocenters. The normalized spacial score (nSPS) is 17.9. The molecule has 8 nitrogen and oxygen atoms in total. The van der Waals surface area contributed by atoms with Crippen LogP contribution in [-0.2, 0) is 4.79 Å². The van der Waals surface area contributed by atoms with E-state index in [1.807, 2.05) is 12.1 Å². The van der Waals surface area contributed by atoms with Crippen LogP contribution >= 0.6 is 12.2 Å². The van der Waals surface area contributed by atoms with Crippen molar-refractivity contribution in [1.82, 2.24) is 9.97 Å². The van der Waals surface area contributed by atoms with Crippen LogP contribution in [0.1, 0.15) is 36.3 Å². The van der Waals surface area contributed by atoms with Crippen LogP contribution in [-0.4, -0.2) is 37.1 Å². The minimum Gasteiger partial charge on any atom is -0.493 e. The molecule has 1 aliphatic heterocycles. The lowest BCUT2D eigenvalue weighted by Gasteiger charge is -2.34. The molecule has 0 amide bonds. The van der Waals surface area contributed by atoms with Crippen molar-refractivity contribution in [2.75, 3.05) is 32.4 Å². The summed E-state index contributed by atoms with van der Waals surface area (Å²) in [7, 11) is 4.66. The fourth-order valence-electron chi connectivity index (χ4n) is 4.10. The maximum atomic E-state index is 13.0. The predicted octanol–water partition coefficient (Wildman–Crippen LogP) is 3.31. The summed E-state index contributed by atoms with van der Waals surface area (Å²) in [4.78, 5) is 20.3. The van der Waals surface area contributed by atoms with E-state index in [9.17, 15) is 4.79 Å². The molecule has 29 heavy (non-hydrogen) atoms. The smallest absolute Gasteiger partial charge is 0.203 e. The van der Waals surface area contributed by atoms with E-state index in [0.29, 0.717) is 46.4 Å². The van der Waals surface area contributed by atoms with Gasteiger partial charge in [0.15, 0.2) is 22.1 Å². The molecule has 4 N–H and O–H groups in total. The third-order valence-electron chi connectivity index (χ3n) is 5.32. The van der Waals surface area contributed by atoms with Crippen LogP contribution in [0.3, 0.4) is 0 Å². The molecule has 1 atom stereocenters. The number of nitrogens with two attached hydrogens (primary N) is 1. The molecule has 1 aromatic carbocycles. The van der Waals surface area contributed by atoms with Crippen molar-refractivity contribution in [3.63, 3.8) is 0 Å². The van der Waals surface area contributed by atoms with Crippen molar-refractivity contribution in [1.29, 1.82) is 0 Å². The Hall–Kier alpha value is -3.07. The topological polar surface area (TPSA) is 111 Å². The molecule has 0 spiro atoms. The van der Waals surface area contributed by atoms with Crippen molar-refractivity contribution in [3.05, 3.63) is 39.3 Å². The SMILES string of the molecule is COc1cc(C2C3=C(CCCC3=O)Nc3nc(=S)[nH]c(N)c32)cc(OC)c1OC. The summed E-state index contributed by atoms with van der Waals surface area (Å²) >= 11 is 5.20. The number of nitrogen functional groups attached to an aromatic ring is 1. The molecule has 2 aliphatic rings. The maximum absolute atomic E-state index is 13.0. The van der Waals surface area contributed by atoms with Crippen molar-refractivity contribution in [3.8, 4) is 17.2 Å². The van der Waals surface area contributed by atoms with Crippen molar-refractivity contribution in [2.45, 2.75) is 25.2 Å². The van der Waals surface area contributed by atoms with Crippen LogP contribution in [0.2, 0.25) is 0 Å². The van der Waals surface area contributed by atoms with Gasteiger partial charge in [-0.1, -0.05) is 0 Å². The lowest BCUT2D eigenvalue weighted by Crippen LogP contribution is -2.28. The lowest BCUT2D eigenvalue weighted by molar-refractivity contribution is -0.116. The molecule has 9 heteroatoms. The maximum Gasteiger partial charge on any atom is 0.203 e. The van der Waals surface area contributed by atoms with Gasteiger partial charge in [-0.15, -0.1) is 0 Å². The standard InChI is InChI=1S/C20H22N4O4S/c1-26-12-7-9(8-13(27-2)17(12)28-3)14-15-10(5-4-6-11(15)25)22-19-16(14)18(21)23-20(29)24-19/h7-8,14H,4-6H2,1-3H3,(H4,21,22,23,24,29). The highest BCUT2D eigenvalue weighted by Gasteiger charge is 2.38. The lowest BCUT2D eigenvalue weighted by atomic mass is 9.76. The van der Waals surface area contributed by atoms with E-state index in [-0.39, 0.29) is 10.6 Å². The van der Waals surface area contributed by atoms with E-state index in [4.69, 9.17) is 32.2 Å². The first-order valence-corrected chi connectivity index (χ1v) is 9.62. The zero-order valence-corrected chi connectivity index (χ0v) is 17.2. The first-order chi connectivity index (χ1) is 14.0. The summed E-state index contributed by atoms with van der Waals surface area (Å²) in [6.07, 6.45) is 2.04. The van der Waals surface area contributed by atoms with Crippen molar-refractivity contribution < 1.29 is 19.0 Å². The van der Waals surface area contributed by atoms with Gasteiger partial charge < -0.3 is 30.2 Å². The number of allylic oxidation sites excluding steroid dienone is 2. The highest BCUT2D eigenvalue weighted by molar-refractivity contribution is 7.71. The number of H-pyrrole nitrogens is 1. The van der Waals surface area contributed by atoms with E-state index in [1.54, 1.807) is 21.3 Å². The van der Waals surface area contributed by atoms with Crippen molar-refractivity contribution >= 4 is 29.6 Å². The van der Waals surface area contributed by atoms with E-state index in [2.05, 4.69) is 15.3 Å².